The number of ether oxygens (including phenoxy) is 2. The van der Waals surface area contributed by atoms with Crippen LogP contribution < -0.4 is 0 Å². The molecule has 4 heteroatoms. The molecule has 7 atom stereocenters. The third-order valence-electron chi connectivity index (χ3n) is 5.89. The number of hydrogen-bond donors (Lipinski definition) is 0. The first kappa shape index (κ1) is 11.6. The zero-order chi connectivity index (χ0) is 13.5. The Bertz CT molecular complexity index is 510. The average Bonchev–Trinajstić information content (AvgIpc) is 3.12. The molecule has 19 heavy (non-hydrogen) atoms. The van der Waals surface area contributed by atoms with Crippen molar-refractivity contribution in [3.63, 3.8) is 0 Å². The summed E-state index contributed by atoms with van der Waals surface area (Å²) in [5.41, 5.74) is 0.551. The van der Waals surface area contributed by atoms with Crippen molar-refractivity contribution >= 4 is 11.8 Å². The molecule has 0 bridgehead atoms. The lowest BCUT2D eigenvalue weighted by atomic mass is 9.54. The number of Topliss-reactive ketones (excluding diaryl/α,β-unsaturated/α-hetero) is 1. The maximum atomic E-state index is 12.2. The first-order valence-electron chi connectivity index (χ1n) is 7.02. The van der Waals surface area contributed by atoms with E-state index in [1.165, 1.54) is 0 Å². The smallest absolute Gasteiger partial charge is 0.334 e. The minimum absolute atomic E-state index is 0.0122. The van der Waals surface area contributed by atoms with Crippen LogP contribution in [-0.2, 0) is 19.1 Å². The maximum Gasteiger partial charge on any atom is 0.334 e. The van der Waals surface area contributed by atoms with Crippen LogP contribution in [-0.4, -0.2) is 30.1 Å². The van der Waals surface area contributed by atoms with Crippen LogP contribution in [0.1, 0.15) is 26.7 Å². The zero-order valence-electron chi connectivity index (χ0n) is 11.2. The Labute approximate surface area is 112 Å². The Morgan fingerprint density at radius 2 is 2.11 bits per heavy atom. The Hall–Kier alpha value is -1.16. The van der Waals surface area contributed by atoms with E-state index in [2.05, 4.69) is 13.5 Å². The topological polar surface area (TPSA) is 55.9 Å². The fourth-order valence-corrected chi connectivity index (χ4v) is 4.67. The fourth-order valence-electron chi connectivity index (χ4n) is 4.67. The fraction of sp³-hybridized carbons (Fsp3) is 0.733. The molecule has 0 aromatic carbocycles. The van der Waals surface area contributed by atoms with Crippen LogP contribution in [0, 0.1) is 23.2 Å². The van der Waals surface area contributed by atoms with Crippen molar-refractivity contribution in [2.45, 2.75) is 45.0 Å². The predicted octanol–water partition coefficient (Wildman–Crippen LogP) is 1.49. The maximum absolute atomic E-state index is 12.2. The molecule has 0 spiro atoms. The van der Waals surface area contributed by atoms with E-state index >= 15 is 0 Å². The van der Waals surface area contributed by atoms with E-state index in [0.717, 1.165) is 12.8 Å². The van der Waals surface area contributed by atoms with Crippen LogP contribution in [0.25, 0.3) is 0 Å². The van der Waals surface area contributed by atoms with Crippen molar-refractivity contribution in [3.8, 4) is 0 Å². The summed E-state index contributed by atoms with van der Waals surface area (Å²) in [6.45, 7) is 8.06. The predicted molar refractivity (Wildman–Crippen MR) is 66.2 cm³/mol. The number of esters is 1. The summed E-state index contributed by atoms with van der Waals surface area (Å²) in [5, 5.41) is 0. The quantitative estimate of drug-likeness (QED) is 0.377. The molecule has 2 aliphatic carbocycles. The third-order valence-corrected chi connectivity index (χ3v) is 5.89. The van der Waals surface area contributed by atoms with Crippen molar-refractivity contribution in [1.82, 2.24) is 0 Å². The molecule has 4 rings (SSSR count). The van der Waals surface area contributed by atoms with Gasteiger partial charge in [-0.15, -0.1) is 0 Å². The van der Waals surface area contributed by atoms with Gasteiger partial charge in [0.15, 0.2) is 5.78 Å². The molecule has 2 heterocycles. The van der Waals surface area contributed by atoms with Crippen LogP contribution in [0.3, 0.4) is 0 Å². The molecule has 102 valence electrons. The van der Waals surface area contributed by atoms with Gasteiger partial charge < -0.3 is 9.47 Å². The number of hydrogen-bond acceptors (Lipinski definition) is 4. The monoisotopic (exact) mass is 262 g/mol. The summed E-state index contributed by atoms with van der Waals surface area (Å²) in [5.74, 6) is 0.358. The van der Waals surface area contributed by atoms with E-state index in [-0.39, 0.29) is 53.2 Å². The molecule has 2 aliphatic heterocycles. The minimum Gasteiger partial charge on any atom is -0.458 e. The minimum atomic E-state index is -0.260. The molecular weight excluding hydrogens is 244 g/mol. The van der Waals surface area contributed by atoms with Gasteiger partial charge in [-0.05, 0) is 18.8 Å². The first-order valence-corrected chi connectivity index (χ1v) is 7.02. The number of carbonyl (C=O) groups excluding carboxylic acids is 2. The summed E-state index contributed by atoms with van der Waals surface area (Å²) < 4.78 is 11.1. The van der Waals surface area contributed by atoms with E-state index in [0.29, 0.717) is 5.57 Å². The summed E-state index contributed by atoms with van der Waals surface area (Å²) in [7, 11) is 0. The van der Waals surface area contributed by atoms with Gasteiger partial charge >= 0.3 is 5.97 Å². The Morgan fingerprint density at radius 3 is 2.84 bits per heavy atom. The second kappa shape index (κ2) is 3.29. The van der Waals surface area contributed by atoms with Gasteiger partial charge in [-0.25, -0.2) is 4.79 Å². The first-order chi connectivity index (χ1) is 8.93. The summed E-state index contributed by atoms with van der Waals surface area (Å²) in [6.07, 6.45) is 1.39. The van der Waals surface area contributed by atoms with Crippen molar-refractivity contribution in [3.05, 3.63) is 12.2 Å². The lowest BCUT2D eigenvalue weighted by Gasteiger charge is -2.48. The van der Waals surface area contributed by atoms with Crippen molar-refractivity contribution in [2.24, 2.45) is 23.2 Å². The molecule has 0 aromatic rings. The van der Waals surface area contributed by atoms with Crippen molar-refractivity contribution < 1.29 is 19.1 Å². The number of epoxide rings is 1. The molecule has 2 saturated heterocycles. The van der Waals surface area contributed by atoms with Crippen LogP contribution in [0.5, 0.6) is 0 Å². The second-order valence-electron chi connectivity index (χ2n) is 6.80. The van der Waals surface area contributed by atoms with Crippen molar-refractivity contribution in [2.75, 3.05) is 0 Å². The van der Waals surface area contributed by atoms with Gasteiger partial charge in [-0.2, -0.15) is 0 Å². The van der Waals surface area contributed by atoms with E-state index in [1.54, 1.807) is 0 Å². The van der Waals surface area contributed by atoms with E-state index in [9.17, 15) is 9.59 Å². The third kappa shape index (κ3) is 1.28. The zero-order valence-corrected chi connectivity index (χ0v) is 11.2. The second-order valence-corrected chi connectivity index (χ2v) is 6.80. The highest BCUT2D eigenvalue weighted by Crippen LogP contribution is 2.61. The average molecular weight is 262 g/mol. The van der Waals surface area contributed by atoms with Crippen LogP contribution in [0.4, 0.5) is 0 Å². The highest BCUT2D eigenvalue weighted by atomic mass is 16.6. The number of ketones is 1. The lowest BCUT2D eigenvalue weighted by Crippen LogP contribution is -2.52. The number of fused-ring (bicyclic) bond motifs is 4. The van der Waals surface area contributed by atoms with Gasteiger partial charge in [0, 0.05) is 22.8 Å². The molecule has 4 nitrogen and oxygen atoms in total. The van der Waals surface area contributed by atoms with Crippen LogP contribution in [0.2, 0.25) is 0 Å². The number of rotatable bonds is 0. The molecule has 0 radical (unpaired) electrons. The van der Waals surface area contributed by atoms with Gasteiger partial charge in [-0.1, -0.05) is 20.4 Å². The molecule has 0 N–H and O–H groups in total. The molecule has 0 aromatic heterocycles. The van der Waals surface area contributed by atoms with E-state index in [4.69, 9.17) is 9.47 Å². The standard InChI is InChI=1S/C15H18O4/c1-6-8-4-9-7(2)11(16)12-13(19-12)15(9,3)5-10(8)18-14(6)17/h7-10,12-13H,1,4-5H2,2-3H3/t7-,8-,9-,10-,12+,13+,15-/m1/s1. The molecule has 2 saturated carbocycles. The Morgan fingerprint density at radius 1 is 1.37 bits per heavy atom. The molecular formula is C15H18O4. The van der Waals surface area contributed by atoms with Gasteiger partial charge in [0.1, 0.15) is 12.2 Å². The molecule has 4 aliphatic rings. The number of carbonyl (C=O) groups is 2. The van der Waals surface area contributed by atoms with Crippen LogP contribution in [0.15, 0.2) is 12.2 Å². The van der Waals surface area contributed by atoms with Gasteiger partial charge in [-0.3, -0.25) is 4.79 Å². The van der Waals surface area contributed by atoms with Gasteiger partial charge in [0.05, 0.1) is 6.10 Å². The summed E-state index contributed by atoms with van der Waals surface area (Å²) >= 11 is 0. The van der Waals surface area contributed by atoms with E-state index < -0.39 is 0 Å². The molecule has 0 unspecified atom stereocenters. The normalized spacial score (nSPS) is 55.2. The largest absolute Gasteiger partial charge is 0.458 e. The van der Waals surface area contributed by atoms with E-state index in [1.807, 2.05) is 6.92 Å². The summed E-state index contributed by atoms with van der Waals surface area (Å²) in [6, 6.07) is 0. The van der Waals surface area contributed by atoms with Gasteiger partial charge in [0.25, 0.3) is 0 Å². The highest BCUT2D eigenvalue weighted by Gasteiger charge is 2.68. The Kier molecular flexibility index (Phi) is 2.02. The SMILES string of the molecule is C=C1C(=O)O[C@@H]2C[C@]3(C)[C@H](C[C@H]12)[C@@H](C)C(=O)[C@@H]1O[C@@H]13. The van der Waals surface area contributed by atoms with Crippen molar-refractivity contribution in [1.29, 1.82) is 0 Å². The highest BCUT2D eigenvalue weighted by molar-refractivity contribution is 5.92. The Balaban J connectivity index is 1.71. The van der Waals surface area contributed by atoms with Gasteiger partial charge in [0.2, 0.25) is 0 Å². The van der Waals surface area contributed by atoms with Crippen LogP contribution >= 0.6 is 0 Å². The molecule has 4 fully saturated rings. The lowest BCUT2D eigenvalue weighted by molar-refractivity contribution is -0.145. The summed E-state index contributed by atoms with van der Waals surface area (Å²) in [4.78, 5) is 23.8. The molecule has 0 amide bonds.